The van der Waals surface area contributed by atoms with Crippen LogP contribution in [0.25, 0.3) is 11.0 Å². The van der Waals surface area contributed by atoms with Crippen molar-refractivity contribution in [2.24, 2.45) is 0 Å². The number of benzene rings is 2. The topological polar surface area (TPSA) is 51.5 Å². The molecule has 0 spiro atoms. The number of rotatable bonds is 7. The monoisotopic (exact) mass is 337 g/mol. The van der Waals surface area contributed by atoms with Gasteiger partial charge in [-0.25, -0.2) is 0 Å². The molecule has 3 rings (SSSR count). The minimum atomic E-state index is -0.0667. The highest BCUT2D eigenvalue weighted by molar-refractivity contribution is 5.95. The summed E-state index contributed by atoms with van der Waals surface area (Å²) in [6, 6.07) is 13.5. The first-order chi connectivity index (χ1) is 12.2. The Morgan fingerprint density at radius 1 is 1.16 bits per heavy atom. The molecule has 4 heteroatoms. The first kappa shape index (κ1) is 17.1. The van der Waals surface area contributed by atoms with E-state index in [-0.39, 0.29) is 12.3 Å². The molecule has 0 unspecified atom stereocenters. The standard InChI is InChI=1S/C21H23NO3/c1-3-4-11-24-18-8-6-17(7-9-18)22-21(23)13-16-14-25-20-12-15(2)5-10-19(16)20/h5-10,12,14H,3-4,11,13H2,1-2H3,(H,22,23). The number of hydrogen-bond donors (Lipinski definition) is 1. The predicted octanol–water partition coefficient (Wildman–Crippen LogP) is 5.10. The lowest BCUT2D eigenvalue weighted by molar-refractivity contribution is -0.115. The van der Waals surface area contributed by atoms with Gasteiger partial charge in [0.05, 0.1) is 19.3 Å². The van der Waals surface area contributed by atoms with Crippen LogP contribution in [-0.4, -0.2) is 12.5 Å². The third-order valence-corrected chi connectivity index (χ3v) is 4.07. The van der Waals surface area contributed by atoms with Crippen LogP contribution in [0, 0.1) is 6.92 Å². The summed E-state index contributed by atoms with van der Waals surface area (Å²) in [7, 11) is 0. The second-order valence-corrected chi connectivity index (χ2v) is 6.21. The van der Waals surface area contributed by atoms with Gasteiger partial charge in [-0.05, 0) is 49.2 Å². The van der Waals surface area contributed by atoms with Crippen molar-refractivity contribution in [3.8, 4) is 5.75 Å². The van der Waals surface area contributed by atoms with Crippen LogP contribution < -0.4 is 10.1 Å². The molecule has 1 heterocycles. The van der Waals surface area contributed by atoms with Crippen molar-refractivity contribution in [1.29, 1.82) is 0 Å². The number of aryl methyl sites for hydroxylation is 1. The van der Waals surface area contributed by atoms with Crippen LogP contribution in [0.4, 0.5) is 5.69 Å². The summed E-state index contributed by atoms with van der Waals surface area (Å²) in [5.74, 6) is 0.755. The van der Waals surface area contributed by atoms with Crippen molar-refractivity contribution in [2.45, 2.75) is 33.1 Å². The average molecular weight is 337 g/mol. The van der Waals surface area contributed by atoms with Crippen molar-refractivity contribution in [1.82, 2.24) is 0 Å². The lowest BCUT2D eigenvalue weighted by Crippen LogP contribution is -2.14. The molecular formula is C21H23NO3. The molecule has 0 bridgehead atoms. The second kappa shape index (κ2) is 7.88. The number of nitrogens with one attached hydrogen (secondary N) is 1. The molecule has 0 saturated heterocycles. The smallest absolute Gasteiger partial charge is 0.228 e. The van der Waals surface area contributed by atoms with Crippen molar-refractivity contribution >= 4 is 22.6 Å². The van der Waals surface area contributed by atoms with Gasteiger partial charge in [-0.2, -0.15) is 0 Å². The zero-order valence-electron chi connectivity index (χ0n) is 14.7. The lowest BCUT2D eigenvalue weighted by atomic mass is 10.1. The number of ether oxygens (including phenoxy) is 1. The minimum absolute atomic E-state index is 0.0667. The Hall–Kier alpha value is -2.75. The molecule has 1 amide bonds. The summed E-state index contributed by atoms with van der Waals surface area (Å²) in [5, 5.41) is 3.90. The number of anilines is 1. The van der Waals surface area contributed by atoms with Crippen LogP contribution in [-0.2, 0) is 11.2 Å². The maximum atomic E-state index is 12.3. The van der Waals surface area contributed by atoms with Crippen LogP contribution in [0.3, 0.4) is 0 Å². The molecule has 3 aromatic rings. The van der Waals surface area contributed by atoms with Gasteiger partial charge in [0.2, 0.25) is 5.91 Å². The van der Waals surface area contributed by atoms with Gasteiger partial charge in [0.15, 0.2) is 0 Å². The number of hydrogen-bond acceptors (Lipinski definition) is 3. The summed E-state index contributed by atoms with van der Waals surface area (Å²) < 4.78 is 11.2. The number of carbonyl (C=O) groups excluding carboxylic acids is 1. The minimum Gasteiger partial charge on any atom is -0.494 e. The molecule has 25 heavy (non-hydrogen) atoms. The molecule has 1 N–H and O–H groups in total. The lowest BCUT2D eigenvalue weighted by Gasteiger charge is -2.08. The summed E-state index contributed by atoms with van der Waals surface area (Å²) in [4.78, 5) is 12.3. The molecule has 0 aliphatic carbocycles. The number of carbonyl (C=O) groups is 1. The van der Waals surface area contributed by atoms with Crippen molar-refractivity contribution in [2.75, 3.05) is 11.9 Å². The van der Waals surface area contributed by atoms with E-state index in [1.807, 2.05) is 49.4 Å². The largest absolute Gasteiger partial charge is 0.494 e. The second-order valence-electron chi connectivity index (χ2n) is 6.21. The molecule has 1 aromatic heterocycles. The van der Waals surface area contributed by atoms with Crippen LogP contribution in [0.1, 0.15) is 30.9 Å². The van der Waals surface area contributed by atoms with Crippen LogP contribution in [0.15, 0.2) is 53.1 Å². The van der Waals surface area contributed by atoms with E-state index in [0.717, 1.165) is 53.0 Å². The van der Waals surface area contributed by atoms with Gasteiger partial charge in [-0.3, -0.25) is 4.79 Å². The van der Waals surface area contributed by atoms with E-state index in [0.29, 0.717) is 0 Å². The first-order valence-corrected chi connectivity index (χ1v) is 8.65. The van der Waals surface area contributed by atoms with E-state index in [4.69, 9.17) is 9.15 Å². The molecule has 0 atom stereocenters. The Labute approximate surface area is 147 Å². The molecule has 4 nitrogen and oxygen atoms in total. The Morgan fingerprint density at radius 2 is 1.96 bits per heavy atom. The van der Waals surface area contributed by atoms with E-state index < -0.39 is 0 Å². The Morgan fingerprint density at radius 3 is 2.72 bits per heavy atom. The maximum Gasteiger partial charge on any atom is 0.228 e. The van der Waals surface area contributed by atoms with Crippen LogP contribution in [0.5, 0.6) is 5.75 Å². The molecule has 0 saturated carbocycles. The molecule has 2 aromatic carbocycles. The van der Waals surface area contributed by atoms with E-state index in [1.165, 1.54) is 0 Å². The molecular weight excluding hydrogens is 314 g/mol. The zero-order valence-corrected chi connectivity index (χ0v) is 14.7. The van der Waals surface area contributed by atoms with Gasteiger partial charge in [0, 0.05) is 16.6 Å². The fraction of sp³-hybridized carbons (Fsp3) is 0.286. The van der Waals surface area contributed by atoms with Gasteiger partial charge in [0.1, 0.15) is 11.3 Å². The molecule has 0 radical (unpaired) electrons. The predicted molar refractivity (Wildman–Crippen MR) is 100 cm³/mol. The first-order valence-electron chi connectivity index (χ1n) is 8.65. The third-order valence-electron chi connectivity index (χ3n) is 4.07. The fourth-order valence-electron chi connectivity index (χ4n) is 2.67. The number of furan rings is 1. The van der Waals surface area contributed by atoms with Crippen LogP contribution >= 0.6 is 0 Å². The van der Waals surface area contributed by atoms with Crippen molar-refractivity contribution in [3.05, 3.63) is 59.9 Å². The van der Waals surface area contributed by atoms with Crippen molar-refractivity contribution in [3.63, 3.8) is 0 Å². The SMILES string of the molecule is CCCCOc1ccc(NC(=O)Cc2coc3cc(C)ccc23)cc1. The highest BCUT2D eigenvalue weighted by atomic mass is 16.5. The van der Waals surface area contributed by atoms with Gasteiger partial charge >= 0.3 is 0 Å². The Kier molecular flexibility index (Phi) is 5.39. The van der Waals surface area contributed by atoms with Crippen LogP contribution in [0.2, 0.25) is 0 Å². The van der Waals surface area contributed by atoms with Gasteiger partial charge in [-0.15, -0.1) is 0 Å². The number of amides is 1. The molecule has 0 fully saturated rings. The van der Waals surface area contributed by atoms with Gasteiger partial charge in [-0.1, -0.05) is 25.5 Å². The summed E-state index contributed by atoms with van der Waals surface area (Å²) >= 11 is 0. The molecule has 0 aliphatic rings. The van der Waals surface area contributed by atoms with Gasteiger partial charge < -0.3 is 14.5 Å². The number of fused-ring (bicyclic) bond motifs is 1. The van der Waals surface area contributed by atoms with E-state index >= 15 is 0 Å². The Balaban J connectivity index is 1.60. The zero-order chi connectivity index (χ0) is 17.6. The quantitative estimate of drug-likeness (QED) is 0.610. The molecule has 0 aliphatic heterocycles. The Bertz CT molecular complexity index is 849. The van der Waals surface area contributed by atoms with Gasteiger partial charge in [0.25, 0.3) is 0 Å². The average Bonchev–Trinajstić information content (AvgIpc) is 2.98. The summed E-state index contributed by atoms with van der Waals surface area (Å²) in [6.45, 7) is 4.87. The van der Waals surface area contributed by atoms with Crippen molar-refractivity contribution < 1.29 is 13.9 Å². The third kappa shape index (κ3) is 4.41. The fourth-order valence-corrected chi connectivity index (χ4v) is 2.67. The van der Waals surface area contributed by atoms with E-state index in [2.05, 4.69) is 12.2 Å². The highest BCUT2D eigenvalue weighted by Crippen LogP contribution is 2.23. The highest BCUT2D eigenvalue weighted by Gasteiger charge is 2.11. The normalized spacial score (nSPS) is 10.8. The molecule has 130 valence electrons. The number of unbranched alkanes of at least 4 members (excludes halogenated alkanes) is 1. The van der Waals surface area contributed by atoms with E-state index in [9.17, 15) is 4.79 Å². The van der Waals surface area contributed by atoms with E-state index in [1.54, 1.807) is 6.26 Å². The summed E-state index contributed by atoms with van der Waals surface area (Å²) in [6.07, 6.45) is 4.09. The maximum absolute atomic E-state index is 12.3. The summed E-state index contributed by atoms with van der Waals surface area (Å²) in [5.41, 5.74) is 3.61.